The summed E-state index contributed by atoms with van der Waals surface area (Å²) in [5, 5.41) is 14.9. The third-order valence-corrected chi connectivity index (χ3v) is 4.97. The van der Waals surface area contributed by atoms with E-state index in [1.54, 1.807) is 4.88 Å². The molecule has 1 heterocycles. The number of hydrogen-bond donors (Lipinski definition) is 1. The maximum absolute atomic E-state index is 8.98. The summed E-state index contributed by atoms with van der Waals surface area (Å²) in [4.78, 5) is 1.58. The van der Waals surface area contributed by atoms with E-state index in [-0.39, 0.29) is 5.41 Å². The van der Waals surface area contributed by atoms with Crippen LogP contribution < -0.4 is 5.32 Å². The van der Waals surface area contributed by atoms with Crippen molar-refractivity contribution in [2.75, 3.05) is 6.54 Å². The Hall–Kier alpha value is -0.850. The molecule has 1 atom stereocenters. The molecule has 104 valence electrons. The Labute approximate surface area is 120 Å². The first-order valence-electron chi connectivity index (χ1n) is 7.33. The van der Waals surface area contributed by atoms with Gasteiger partial charge < -0.3 is 5.32 Å². The topological polar surface area (TPSA) is 35.8 Å². The largest absolute Gasteiger partial charge is 0.310 e. The molecular formula is C16H24N2S. The quantitative estimate of drug-likeness (QED) is 0.780. The second-order valence-electron chi connectivity index (χ2n) is 6.15. The van der Waals surface area contributed by atoms with Gasteiger partial charge in [0.2, 0.25) is 0 Å². The van der Waals surface area contributed by atoms with Gasteiger partial charge in [-0.1, -0.05) is 6.42 Å². The lowest BCUT2D eigenvalue weighted by atomic mass is 9.89. The summed E-state index contributed by atoms with van der Waals surface area (Å²) in [5.41, 5.74) is 1.37. The molecule has 19 heavy (non-hydrogen) atoms. The first-order chi connectivity index (χ1) is 9.12. The van der Waals surface area contributed by atoms with Crippen LogP contribution in [0.1, 0.15) is 62.4 Å². The predicted molar refractivity (Wildman–Crippen MR) is 81.2 cm³/mol. The molecule has 1 aliphatic carbocycles. The number of nitrogens with zero attached hydrogens (tertiary/aromatic N) is 1. The zero-order chi connectivity index (χ0) is 13.7. The number of nitriles is 1. The Morgan fingerprint density at radius 2 is 2.32 bits per heavy atom. The van der Waals surface area contributed by atoms with Gasteiger partial charge >= 0.3 is 0 Å². The molecule has 3 heteroatoms. The smallest absolute Gasteiger partial charge is 0.0683 e. The van der Waals surface area contributed by atoms with Gasteiger partial charge in [0.1, 0.15) is 0 Å². The Kier molecular flexibility index (Phi) is 5.01. The third kappa shape index (κ3) is 4.06. The van der Waals surface area contributed by atoms with Crippen LogP contribution in [0, 0.1) is 16.7 Å². The highest BCUT2D eigenvalue weighted by molar-refractivity contribution is 7.10. The molecule has 0 radical (unpaired) electrons. The monoisotopic (exact) mass is 276 g/mol. The van der Waals surface area contributed by atoms with Crippen LogP contribution in [-0.4, -0.2) is 6.54 Å². The van der Waals surface area contributed by atoms with Crippen LogP contribution in [0.4, 0.5) is 0 Å². The van der Waals surface area contributed by atoms with Crippen molar-refractivity contribution in [2.45, 2.75) is 58.4 Å². The second kappa shape index (κ2) is 6.54. The molecular weight excluding hydrogens is 252 g/mol. The van der Waals surface area contributed by atoms with Gasteiger partial charge in [-0.15, -0.1) is 11.3 Å². The Morgan fingerprint density at radius 1 is 1.47 bits per heavy atom. The first-order valence-corrected chi connectivity index (χ1v) is 8.21. The van der Waals surface area contributed by atoms with Crippen LogP contribution in [0.2, 0.25) is 0 Å². The average molecular weight is 276 g/mol. The predicted octanol–water partition coefficient (Wildman–Crippen LogP) is 4.44. The van der Waals surface area contributed by atoms with Gasteiger partial charge in [-0.25, -0.2) is 0 Å². The summed E-state index contributed by atoms with van der Waals surface area (Å²) < 4.78 is 0. The fourth-order valence-electron chi connectivity index (χ4n) is 2.72. The highest BCUT2D eigenvalue weighted by atomic mass is 32.1. The molecule has 1 aromatic rings. The van der Waals surface area contributed by atoms with Crippen LogP contribution in [0.25, 0.3) is 0 Å². The van der Waals surface area contributed by atoms with Crippen molar-refractivity contribution in [1.29, 1.82) is 5.26 Å². The molecule has 0 spiro atoms. The number of thiophene rings is 1. The molecule has 2 nitrogen and oxygen atoms in total. The molecule has 0 bridgehead atoms. The van der Waals surface area contributed by atoms with Crippen molar-refractivity contribution >= 4 is 11.3 Å². The highest BCUT2D eigenvalue weighted by Gasteiger charge is 2.20. The van der Waals surface area contributed by atoms with E-state index in [4.69, 9.17) is 5.26 Å². The molecule has 1 aliphatic rings. The number of fused-ring (bicyclic) bond motifs is 1. The zero-order valence-electron chi connectivity index (χ0n) is 12.0. The van der Waals surface area contributed by atoms with E-state index in [0.717, 1.165) is 19.4 Å². The van der Waals surface area contributed by atoms with Gasteiger partial charge in [-0.3, -0.25) is 0 Å². The molecule has 0 fully saturated rings. The molecule has 2 rings (SSSR count). The fourth-order valence-corrected chi connectivity index (χ4v) is 3.71. The Morgan fingerprint density at radius 3 is 3.11 bits per heavy atom. The number of rotatable bonds is 6. The number of nitrogens with one attached hydrogen (secondary N) is 1. The molecule has 0 aromatic carbocycles. The Balaban J connectivity index is 1.69. The lowest BCUT2D eigenvalue weighted by molar-refractivity contribution is 0.406. The van der Waals surface area contributed by atoms with Gasteiger partial charge in [-0.05, 0) is 69.5 Å². The van der Waals surface area contributed by atoms with Crippen molar-refractivity contribution in [3.05, 3.63) is 21.9 Å². The van der Waals surface area contributed by atoms with E-state index < -0.39 is 0 Å². The van der Waals surface area contributed by atoms with Crippen LogP contribution in [0.5, 0.6) is 0 Å². The fraction of sp³-hybridized carbons (Fsp3) is 0.688. The van der Waals surface area contributed by atoms with E-state index in [2.05, 4.69) is 22.8 Å². The van der Waals surface area contributed by atoms with Gasteiger partial charge in [0.25, 0.3) is 0 Å². The first kappa shape index (κ1) is 14.6. The summed E-state index contributed by atoms with van der Waals surface area (Å²) in [6.07, 6.45) is 7.15. The SMILES string of the molecule is CC(C)(C#N)CCCCNC1CCCc2sccc21. The van der Waals surface area contributed by atoms with Crippen LogP contribution in [-0.2, 0) is 6.42 Å². The molecule has 0 amide bonds. The number of unbranched alkanes of at least 4 members (excludes halogenated alkanes) is 1. The average Bonchev–Trinajstić information content (AvgIpc) is 2.87. The molecule has 0 aliphatic heterocycles. The van der Waals surface area contributed by atoms with Crippen LogP contribution >= 0.6 is 11.3 Å². The highest BCUT2D eigenvalue weighted by Crippen LogP contribution is 2.33. The maximum Gasteiger partial charge on any atom is 0.0683 e. The summed E-state index contributed by atoms with van der Waals surface area (Å²) in [6.45, 7) is 5.12. The molecule has 0 saturated carbocycles. The maximum atomic E-state index is 8.98. The van der Waals surface area contributed by atoms with E-state index >= 15 is 0 Å². The van der Waals surface area contributed by atoms with E-state index in [1.807, 2.05) is 25.2 Å². The summed E-state index contributed by atoms with van der Waals surface area (Å²) in [7, 11) is 0. The van der Waals surface area contributed by atoms with Gasteiger partial charge in [-0.2, -0.15) is 5.26 Å². The molecule has 1 N–H and O–H groups in total. The van der Waals surface area contributed by atoms with Crippen molar-refractivity contribution in [3.8, 4) is 6.07 Å². The minimum Gasteiger partial charge on any atom is -0.310 e. The standard InChI is InChI=1S/C16H24N2S/c1-16(2,12-17)9-3-4-10-18-14-6-5-7-15-13(14)8-11-19-15/h8,11,14,18H,3-7,9-10H2,1-2H3. The number of hydrogen-bond acceptors (Lipinski definition) is 3. The molecule has 1 aromatic heterocycles. The minimum atomic E-state index is -0.161. The van der Waals surface area contributed by atoms with Gasteiger partial charge in [0.05, 0.1) is 11.5 Å². The number of aryl methyl sites for hydroxylation is 1. The third-order valence-electron chi connectivity index (χ3n) is 3.97. The second-order valence-corrected chi connectivity index (χ2v) is 7.15. The van der Waals surface area contributed by atoms with Gasteiger partial charge in [0.15, 0.2) is 0 Å². The summed E-state index contributed by atoms with van der Waals surface area (Å²) in [5.74, 6) is 0. The Bertz CT molecular complexity index is 442. The van der Waals surface area contributed by atoms with E-state index in [0.29, 0.717) is 6.04 Å². The van der Waals surface area contributed by atoms with E-state index in [1.165, 1.54) is 31.2 Å². The lowest BCUT2D eigenvalue weighted by Gasteiger charge is -2.24. The van der Waals surface area contributed by atoms with Crippen molar-refractivity contribution in [3.63, 3.8) is 0 Å². The zero-order valence-corrected chi connectivity index (χ0v) is 12.9. The van der Waals surface area contributed by atoms with Crippen molar-refractivity contribution < 1.29 is 0 Å². The van der Waals surface area contributed by atoms with Crippen LogP contribution in [0.3, 0.4) is 0 Å². The van der Waals surface area contributed by atoms with Crippen LogP contribution in [0.15, 0.2) is 11.4 Å². The lowest BCUT2D eigenvalue weighted by Crippen LogP contribution is -2.25. The minimum absolute atomic E-state index is 0.161. The van der Waals surface area contributed by atoms with Crippen molar-refractivity contribution in [2.24, 2.45) is 5.41 Å². The van der Waals surface area contributed by atoms with Gasteiger partial charge in [0, 0.05) is 10.9 Å². The van der Waals surface area contributed by atoms with E-state index in [9.17, 15) is 0 Å². The normalized spacial score (nSPS) is 18.9. The van der Waals surface area contributed by atoms with Crippen molar-refractivity contribution in [1.82, 2.24) is 5.32 Å². The summed E-state index contributed by atoms with van der Waals surface area (Å²) in [6, 6.07) is 5.23. The summed E-state index contributed by atoms with van der Waals surface area (Å²) >= 11 is 1.90. The molecule has 1 unspecified atom stereocenters. The molecule has 0 saturated heterocycles.